The molecule has 92 valence electrons. The van der Waals surface area contributed by atoms with E-state index in [-0.39, 0.29) is 5.91 Å². The molecule has 1 rings (SSSR count). The predicted molar refractivity (Wildman–Crippen MR) is 63.3 cm³/mol. The number of ether oxygens (including phenoxy) is 2. The molecular formula is C12H15NO4. The minimum atomic E-state index is -0.410. The van der Waals surface area contributed by atoms with Crippen LogP contribution in [0.15, 0.2) is 12.1 Å². The number of rotatable bonds is 3. The molecule has 0 aliphatic heterocycles. The van der Waals surface area contributed by atoms with Crippen LogP contribution in [0.1, 0.15) is 19.4 Å². The summed E-state index contributed by atoms with van der Waals surface area (Å²) in [5.74, 6) is 0.295. The van der Waals surface area contributed by atoms with Crippen molar-refractivity contribution in [3.05, 3.63) is 17.7 Å². The molecule has 0 saturated heterocycles. The fourth-order valence-electron chi connectivity index (χ4n) is 1.38. The molecule has 0 aliphatic carbocycles. The number of anilines is 1. The number of amides is 1. The number of esters is 1. The van der Waals surface area contributed by atoms with Gasteiger partial charge in [-0.1, -0.05) is 0 Å². The molecule has 0 heterocycles. The van der Waals surface area contributed by atoms with E-state index in [4.69, 9.17) is 9.47 Å². The second kappa shape index (κ2) is 5.34. The third-order valence-electron chi connectivity index (χ3n) is 2.06. The van der Waals surface area contributed by atoms with Crippen molar-refractivity contribution in [1.82, 2.24) is 0 Å². The van der Waals surface area contributed by atoms with Crippen molar-refractivity contribution < 1.29 is 19.1 Å². The van der Waals surface area contributed by atoms with Crippen molar-refractivity contribution in [2.45, 2.75) is 20.8 Å². The number of methoxy groups -OCH3 is 1. The zero-order chi connectivity index (χ0) is 13.0. The van der Waals surface area contributed by atoms with Gasteiger partial charge in [0.2, 0.25) is 5.91 Å². The molecule has 0 bridgehead atoms. The first-order valence-electron chi connectivity index (χ1n) is 5.08. The van der Waals surface area contributed by atoms with Crippen LogP contribution < -0.4 is 14.8 Å². The maximum Gasteiger partial charge on any atom is 0.308 e. The summed E-state index contributed by atoms with van der Waals surface area (Å²) in [6, 6.07) is 3.26. The van der Waals surface area contributed by atoms with Gasteiger partial charge < -0.3 is 14.8 Å². The fraction of sp³-hybridized carbons (Fsp3) is 0.333. The van der Waals surface area contributed by atoms with Gasteiger partial charge in [0, 0.05) is 19.9 Å². The van der Waals surface area contributed by atoms with Gasteiger partial charge >= 0.3 is 5.97 Å². The summed E-state index contributed by atoms with van der Waals surface area (Å²) in [6.07, 6.45) is 0. The Hall–Kier alpha value is -2.04. The highest BCUT2D eigenvalue weighted by molar-refractivity contribution is 5.91. The smallest absolute Gasteiger partial charge is 0.308 e. The number of hydrogen-bond donors (Lipinski definition) is 1. The van der Waals surface area contributed by atoms with E-state index in [1.165, 1.54) is 21.0 Å². The molecule has 0 fully saturated rings. The van der Waals surface area contributed by atoms with Gasteiger partial charge in [-0.2, -0.15) is 0 Å². The van der Waals surface area contributed by atoms with Gasteiger partial charge in [-0.05, 0) is 18.6 Å². The zero-order valence-corrected chi connectivity index (χ0v) is 10.3. The van der Waals surface area contributed by atoms with Gasteiger partial charge in [0.1, 0.15) is 11.5 Å². The van der Waals surface area contributed by atoms with E-state index in [2.05, 4.69) is 5.32 Å². The van der Waals surface area contributed by atoms with Gasteiger partial charge in [-0.15, -0.1) is 0 Å². The summed E-state index contributed by atoms with van der Waals surface area (Å²) in [5, 5.41) is 2.61. The quantitative estimate of drug-likeness (QED) is 0.644. The van der Waals surface area contributed by atoms with E-state index in [0.29, 0.717) is 17.2 Å². The Bertz CT molecular complexity index is 454. The molecule has 0 aromatic heterocycles. The lowest BCUT2D eigenvalue weighted by atomic mass is 10.2. The van der Waals surface area contributed by atoms with Crippen LogP contribution >= 0.6 is 0 Å². The van der Waals surface area contributed by atoms with E-state index < -0.39 is 5.97 Å². The van der Waals surface area contributed by atoms with E-state index in [1.807, 2.05) is 0 Å². The standard InChI is InChI=1S/C12H15NO4/c1-7-5-12(16-4)10(13-8(2)14)6-11(7)17-9(3)15/h5-6H,1-4H3,(H,13,14). The molecule has 1 N–H and O–H groups in total. The molecule has 5 heteroatoms. The Kier molecular flexibility index (Phi) is 4.09. The summed E-state index contributed by atoms with van der Waals surface area (Å²) in [5.41, 5.74) is 1.23. The van der Waals surface area contributed by atoms with Gasteiger partial charge in [-0.25, -0.2) is 0 Å². The molecule has 1 aromatic rings. The number of hydrogen-bond acceptors (Lipinski definition) is 4. The van der Waals surface area contributed by atoms with Crippen LogP contribution in [0.5, 0.6) is 11.5 Å². The van der Waals surface area contributed by atoms with Gasteiger partial charge in [0.15, 0.2) is 0 Å². The highest BCUT2D eigenvalue weighted by Crippen LogP contribution is 2.32. The Morgan fingerprint density at radius 1 is 1.18 bits per heavy atom. The second-order valence-electron chi connectivity index (χ2n) is 3.59. The van der Waals surface area contributed by atoms with Crippen molar-refractivity contribution in [1.29, 1.82) is 0 Å². The monoisotopic (exact) mass is 237 g/mol. The molecule has 0 aliphatic rings. The van der Waals surface area contributed by atoms with Crippen LogP contribution in [0.3, 0.4) is 0 Å². The van der Waals surface area contributed by atoms with E-state index >= 15 is 0 Å². The minimum Gasteiger partial charge on any atom is -0.495 e. The summed E-state index contributed by atoms with van der Waals surface area (Å²) in [7, 11) is 1.51. The van der Waals surface area contributed by atoms with Crippen molar-refractivity contribution in [2.75, 3.05) is 12.4 Å². The second-order valence-corrected chi connectivity index (χ2v) is 3.59. The highest BCUT2D eigenvalue weighted by Gasteiger charge is 2.11. The zero-order valence-electron chi connectivity index (χ0n) is 10.3. The Labute approximate surface area is 99.7 Å². The Morgan fingerprint density at radius 3 is 2.29 bits per heavy atom. The van der Waals surface area contributed by atoms with Crippen LogP contribution in [0.2, 0.25) is 0 Å². The molecule has 0 atom stereocenters. The minimum absolute atomic E-state index is 0.221. The van der Waals surface area contributed by atoms with E-state index in [0.717, 1.165) is 5.56 Å². The number of carbonyl (C=O) groups excluding carboxylic acids is 2. The average molecular weight is 237 g/mol. The van der Waals surface area contributed by atoms with Crippen LogP contribution in [-0.2, 0) is 9.59 Å². The molecule has 5 nitrogen and oxygen atoms in total. The molecule has 17 heavy (non-hydrogen) atoms. The number of aryl methyl sites for hydroxylation is 1. The lowest BCUT2D eigenvalue weighted by Crippen LogP contribution is -2.09. The van der Waals surface area contributed by atoms with Crippen LogP contribution in [0.4, 0.5) is 5.69 Å². The molecule has 0 saturated carbocycles. The first-order chi connectivity index (χ1) is 7.93. The summed E-state index contributed by atoms with van der Waals surface area (Å²) in [4.78, 5) is 21.9. The number of nitrogens with one attached hydrogen (secondary N) is 1. The van der Waals surface area contributed by atoms with Crippen LogP contribution in [0, 0.1) is 6.92 Å². The maximum atomic E-state index is 11.0. The molecule has 0 radical (unpaired) electrons. The molecule has 1 amide bonds. The van der Waals surface area contributed by atoms with Gasteiger partial charge in [0.25, 0.3) is 0 Å². The van der Waals surface area contributed by atoms with Crippen molar-refractivity contribution in [2.24, 2.45) is 0 Å². The third-order valence-corrected chi connectivity index (χ3v) is 2.06. The fourth-order valence-corrected chi connectivity index (χ4v) is 1.38. The molecule has 0 unspecified atom stereocenters. The topological polar surface area (TPSA) is 64.6 Å². The summed E-state index contributed by atoms with van der Waals surface area (Å²) < 4.78 is 10.2. The van der Waals surface area contributed by atoms with E-state index in [1.54, 1.807) is 19.1 Å². The van der Waals surface area contributed by atoms with Crippen LogP contribution in [0.25, 0.3) is 0 Å². The lowest BCUT2D eigenvalue weighted by Gasteiger charge is -2.13. The summed E-state index contributed by atoms with van der Waals surface area (Å²) >= 11 is 0. The predicted octanol–water partition coefficient (Wildman–Crippen LogP) is 1.89. The highest BCUT2D eigenvalue weighted by atomic mass is 16.5. The molecule has 1 aromatic carbocycles. The molecule has 0 spiro atoms. The summed E-state index contributed by atoms with van der Waals surface area (Å²) in [6.45, 7) is 4.50. The largest absolute Gasteiger partial charge is 0.495 e. The van der Waals surface area contributed by atoms with Gasteiger partial charge in [-0.3, -0.25) is 9.59 Å². The first kappa shape index (κ1) is 13.0. The lowest BCUT2D eigenvalue weighted by molar-refractivity contribution is -0.131. The maximum absolute atomic E-state index is 11.0. The van der Waals surface area contributed by atoms with Crippen molar-refractivity contribution in [3.8, 4) is 11.5 Å². The van der Waals surface area contributed by atoms with Crippen molar-refractivity contribution in [3.63, 3.8) is 0 Å². The third kappa shape index (κ3) is 3.48. The first-order valence-corrected chi connectivity index (χ1v) is 5.08. The normalized spacial score (nSPS) is 9.65. The van der Waals surface area contributed by atoms with Crippen molar-refractivity contribution >= 4 is 17.6 Å². The number of benzene rings is 1. The Morgan fingerprint density at radius 2 is 1.82 bits per heavy atom. The Balaban J connectivity index is 3.16. The van der Waals surface area contributed by atoms with Crippen LogP contribution in [-0.4, -0.2) is 19.0 Å². The average Bonchev–Trinajstić information content (AvgIpc) is 2.21. The molecular weight excluding hydrogens is 222 g/mol. The van der Waals surface area contributed by atoms with E-state index in [9.17, 15) is 9.59 Å². The number of carbonyl (C=O) groups is 2. The SMILES string of the molecule is COc1cc(C)c(OC(C)=O)cc1NC(C)=O. The van der Waals surface area contributed by atoms with Gasteiger partial charge in [0.05, 0.1) is 12.8 Å².